The molecule has 0 atom stereocenters. The number of hydrogen-bond acceptors (Lipinski definition) is 4. The minimum Gasteiger partial charge on any atom is -0.337 e. The maximum Gasteiger partial charge on any atom is 0.122 e. The first-order valence-electron chi connectivity index (χ1n) is 5.57. The molecule has 0 bridgehead atoms. The number of nitriles is 1. The van der Waals surface area contributed by atoms with Crippen LogP contribution in [0.25, 0.3) is 0 Å². The lowest BCUT2D eigenvalue weighted by Gasteiger charge is -2.32. The Morgan fingerprint density at radius 3 is 2.56 bits per heavy atom. The molecule has 5 nitrogen and oxygen atoms in total. The fourth-order valence-electron chi connectivity index (χ4n) is 1.95. The summed E-state index contributed by atoms with van der Waals surface area (Å²) in [5, 5.41) is 8.61. The van der Waals surface area contributed by atoms with E-state index in [0.29, 0.717) is 6.54 Å². The average molecular weight is 219 g/mol. The van der Waals surface area contributed by atoms with Crippen molar-refractivity contribution in [3.8, 4) is 6.07 Å². The summed E-state index contributed by atoms with van der Waals surface area (Å²) in [6, 6.07) is 2.20. The van der Waals surface area contributed by atoms with Gasteiger partial charge in [0.15, 0.2) is 0 Å². The van der Waals surface area contributed by atoms with Gasteiger partial charge in [-0.1, -0.05) is 0 Å². The van der Waals surface area contributed by atoms with Crippen LogP contribution in [0.15, 0.2) is 12.4 Å². The van der Waals surface area contributed by atoms with Crippen LogP contribution in [-0.2, 0) is 13.6 Å². The quantitative estimate of drug-likeness (QED) is 0.675. The summed E-state index contributed by atoms with van der Waals surface area (Å²) in [5.74, 6) is 1.11. The zero-order valence-electron chi connectivity index (χ0n) is 9.63. The Bertz CT molecular complexity index is 370. The van der Waals surface area contributed by atoms with Crippen LogP contribution in [0.3, 0.4) is 0 Å². The predicted molar refractivity (Wildman–Crippen MR) is 60.5 cm³/mol. The van der Waals surface area contributed by atoms with Crippen LogP contribution < -0.4 is 0 Å². The molecule has 0 aliphatic carbocycles. The van der Waals surface area contributed by atoms with Gasteiger partial charge in [0.2, 0.25) is 0 Å². The van der Waals surface area contributed by atoms with Crippen LogP contribution in [-0.4, -0.2) is 52.1 Å². The topological polar surface area (TPSA) is 48.1 Å². The van der Waals surface area contributed by atoms with Crippen molar-refractivity contribution in [1.82, 2.24) is 19.4 Å². The number of hydrogen-bond donors (Lipinski definition) is 0. The minimum absolute atomic E-state index is 0.552. The monoisotopic (exact) mass is 219 g/mol. The molecule has 0 N–H and O–H groups in total. The summed E-state index contributed by atoms with van der Waals surface area (Å²) in [4.78, 5) is 8.90. The second kappa shape index (κ2) is 5.10. The van der Waals surface area contributed by atoms with E-state index in [1.54, 1.807) is 0 Å². The third-order valence-corrected chi connectivity index (χ3v) is 3.05. The highest BCUT2D eigenvalue weighted by molar-refractivity contribution is 4.92. The van der Waals surface area contributed by atoms with E-state index < -0.39 is 0 Å². The Balaban J connectivity index is 1.82. The van der Waals surface area contributed by atoms with E-state index in [9.17, 15) is 0 Å². The summed E-state index contributed by atoms with van der Waals surface area (Å²) < 4.78 is 2.06. The van der Waals surface area contributed by atoms with Crippen molar-refractivity contribution in [2.75, 3.05) is 32.7 Å². The number of rotatable bonds is 3. The predicted octanol–water partition coefficient (Wildman–Crippen LogP) is 0.0613. The molecular weight excluding hydrogens is 202 g/mol. The van der Waals surface area contributed by atoms with Gasteiger partial charge >= 0.3 is 0 Å². The number of aryl methyl sites for hydroxylation is 1. The van der Waals surface area contributed by atoms with Gasteiger partial charge in [0.1, 0.15) is 5.82 Å². The SMILES string of the molecule is Cn1ccnc1CN1CCN(CC#N)CC1. The second-order valence-electron chi connectivity index (χ2n) is 4.16. The van der Waals surface area contributed by atoms with Gasteiger partial charge in [-0.2, -0.15) is 5.26 Å². The van der Waals surface area contributed by atoms with Crippen LogP contribution in [0.2, 0.25) is 0 Å². The van der Waals surface area contributed by atoms with Gasteiger partial charge in [-0.3, -0.25) is 9.80 Å². The van der Waals surface area contributed by atoms with E-state index >= 15 is 0 Å². The molecule has 86 valence electrons. The molecule has 2 rings (SSSR count). The Labute approximate surface area is 95.9 Å². The van der Waals surface area contributed by atoms with Crippen molar-refractivity contribution in [1.29, 1.82) is 5.26 Å². The normalized spacial score (nSPS) is 18.5. The number of piperazine rings is 1. The smallest absolute Gasteiger partial charge is 0.122 e. The summed E-state index contributed by atoms with van der Waals surface area (Å²) in [6.45, 7) is 5.47. The molecule has 0 amide bonds. The summed E-state index contributed by atoms with van der Waals surface area (Å²) in [5.41, 5.74) is 0. The lowest BCUT2D eigenvalue weighted by Crippen LogP contribution is -2.46. The summed E-state index contributed by atoms with van der Waals surface area (Å²) in [7, 11) is 2.02. The van der Waals surface area contributed by atoms with Gasteiger partial charge < -0.3 is 4.57 Å². The summed E-state index contributed by atoms with van der Waals surface area (Å²) in [6.07, 6.45) is 3.81. The molecule has 2 heterocycles. The fourth-order valence-corrected chi connectivity index (χ4v) is 1.95. The van der Waals surface area contributed by atoms with Crippen LogP contribution in [0, 0.1) is 11.3 Å². The van der Waals surface area contributed by atoms with Crippen molar-refractivity contribution >= 4 is 0 Å². The molecule has 1 aromatic rings. The molecule has 16 heavy (non-hydrogen) atoms. The van der Waals surface area contributed by atoms with Gasteiger partial charge in [-0.05, 0) is 0 Å². The highest BCUT2D eigenvalue weighted by Gasteiger charge is 2.17. The maximum absolute atomic E-state index is 8.61. The fraction of sp³-hybridized carbons (Fsp3) is 0.636. The van der Waals surface area contributed by atoms with Gasteiger partial charge in [0.05, 0.1) is 19.2 Å². The lowest BCUT2D eigenvalue weighted by atomic mass is 10.3. The van der Waals surface area contributed by atoms with E-state index in [2.05, 4.69) is 25.4 Å². The van der Waals surface area contributed by atoms with Crippen molar-refractivity contribution in [2.45, 2.75) is 6.54 Å². The van der Waals surface area contributed by atoms with Crippen molar-refractivity contribution in [2.24, 2.45) is 7.05 Å². The second-order valence-corrected chi connectivity index (χ2v) is 4.16. The summed E-state index contributed by atoms with van der Waals surface area (Å²) >= 11 is 0. The van der Waals surface area contributed by atoms with E-state index in [1.165, 1.54) is 0 Å². The van der Waals surface area contributed by atoms with Gasteiger partial charge in [0, 0.05) is 45.6 Å². The Kier molecular flexibility index (Phi) is 3.54. The largest absolute Gasteiger partial charge is 0.337 e. The highest BCUT2D eigenvalue weighted by atomic mass is 15.3. The van der Waals surface area contributed by atoms with Crippen molar-refractivity contribution in [3.05, 3.63) is 18.2 Å². The standard InChI is InChI=1S/C11H17N5/c1-14-5-3-13-11(14)10-16-8-6-15(4-2-12)7-9-16/h3,5H,4,6-10H2,1H3. The maximum atomic E-state index is 8.61. The van der Waals surface area contributed by atoms with Gasteiger partial charge in [-0.25, -0.2) is 4.98 Å². The Morgan fingerprint density at radius 1 is 1.31 bits per heavy atom. The van der Waals surface area contributed by atoms with Crippen LogP contribution in [0.1, 0.15) is 5.82 Å². The van der Waals surface area contributed by atoms with Crippen molar-refractivity contribution < 1.29 is 0 Å². The van der Waals surface area contributed by atoms with Crippen LogP contribution in [0.5, 0.6) is 0 Å². The first-order chi connectivity index (χ1) is 7.79. The molecule has 1 aromatic heterocycles. The third-order valence-electron chi connectivity index (χ3n) is 3.05. The van der Waals surface area contributed by atoms with Crippen molar-refractivity contribution in [3.63, 3.8) is 0 Å². The molecule has 0 saturated carbocycles. The number of aromatic nitrogens is 2. The molecule has 0 spiro atoms. The molecule has 5 heteroatoms. The molecule has 0 unspecified atom stereocenters. The molecule has 1 aliphatic rings. The zero-order valence-corrected chi connectivity index (χ0v) is 9.63. The first-order valence-corrected chi connectivity index (χ1v) is 5.57. The Morgan fingerprint density at radius 2 is 2.00 bits per heavy atom. The van der Waals surface area contributed by atoms with Crippen LogP contribution in [0.4, 0.5) is 0 Å². The molecule has 1 fully saturated rings. The molecule has 1 aliphatic heterocycles. The van der Waals surface area contributed by atoms with E-state index in [-0.39, 0.29) is 0 Å². The molecule has 1 saturated heterocycles. The average Bonchev–Trinajstić information content (AvgIpc) is 2.68. The highest BCUT2D eigenvalue weighted by Crippen LogP contribution is 2.06. The molecule has 0 radical (unpaired) electrons. The lowest BCUT2D eigenvalue weighted by molar-refractivity contribution is 0.135. The molecule has 0 aromatic carbocycles. The van der Waals surface area contributed by atoms with Gasteiger partial charge in [-0.15, -0.1) is 0 Å². The number of nitrogens with zero attached hydrogens (tertiary/aromatic N) is 5. The first kappa shape index (κ1) is 11.1. The molecular formula is C11H17N5. The van der Waals surface area contributed by atoms with E-state index in [0.717, 1.165) is 38.5 Å². The van der Waals surface area contributed by atoms with E-state index in [4.69, 9.17) is 5.26 Å². The number of imidazole rings is 1. The third kappa shape index (κ3) is 2.60. The zero-order chi connectivity index (χ0) is 11.4. The van der Waals surface area contributed by atoms with Crippen LogP contribution >= 0.6 is 0 Å². The Hall–Kier alpha value is -1.38. The van der Waals surface area contributed by atoms with Gasteiger partial charge in [0.25, 0.3) is 0 Å². The van der Waals surface area contributed by atoms with E-state index in [1.807, 2.05) is 19.4 Å². The minimum atomic E-state index is 0.552.